The first kappa shape index (κ1) is 16.0. The molecule has 0 heterocycles. The normalized spacial score (nSPS) is 18.0. The number of rotatable bonds is 4. The zero-order valence-electron chi connectivity index (χ0n) is 13.9. The van der Waals surface area contributed by atoms with Crippen LogP contribution in [-0.2, 0) is 0 Å². The van der Waals surface area contributed by atoms with Crippen LogP contribution in [0.25, 0.3) is 11.3 Å². The number of benzene rings is 2. The molecule has 1 aliphatic rings. The fraction of sp³-hybridized carbons (Fsp3) is 0.136. The van der Waals surface area contributed by atoms with Crippen LogP contribution in [0.2, 0.25) is 0 Å². The number of nitrogens with two attached hydrogens (primary N) is 1. The molecule has 0 spiro atoms. The van der Waals surface area contributed by atoms with Gasteiger partial charge in [0.2, 0.25) is 0 Å². The van der Waals surface area contributed by atoms with E-state index in [4.69, 9.17) is 5.73 Å². The third-order valence-corrected chi connectivity index (χ3v) is 4.25. The molecule has 120 valence electrons. The first-order chi connectivity index (χ1) is 11.8. The Morgan fingerprint density at radius 2 is 1.83 bits per heavy atom. The van der Waals surface area contributed by atoms with Crippen LogP contribution in [0.5, 0.6) is 0 Å². The summed E-state index contributed by atoms with van der Waals surface area (Å²) in [5, 5.41) is 0. The summed E-state index contributed by atoms with van der Waals surface area (Å²) < 4.78 is 0. The summed E-state index contributed by atoms with van der Waals surface area (Å²) in [4.78, 5) is 3.93. The predicted octanol–water partition coefficient (Wildman–Crippen LogP) is 4.81. The number of allylic oxidation sites excluding steroid dienone is 5. The van der Waals surface area contributed by atoms with E-state index in [2.05, 4.69) is 71.8 Å². The maximum absolute atomic E-state index is 6.05. The van der Waals surface area contributed by atoms with Gasteiger partial charge in [-0.05, 0) is 34.8 Å². The minimum absolute atomic E-state index is 0.404. The predicted molar refractivity (Wildman–Crippen MR) is 104 cm³/mol. The second-order valence-electron chi connectivity index (χ2n) is 5.88. The first-order valence-electron chi connectivity index (χ1n) is 8.20. The Morgan fingerprint density at radius 3 is 2.54 bits per heavy atom. The van der Waals surface area contributed by atoms with E-state index in [1.807, 2.05) is 12.1 Å². The highest BCUT2D eigenvalue weighted by Gasteiger charge is 2.13. The number of aliphatic imine (C=N–C) groups is 1. The van der Waals surface area contributed by atoms with Gasteiger partial charge in [-0.2, -0.15) is 0 Å². The quantitative estimate of drug-likeness (QED) is 0.808. The van der Waals surface area contributed by atoms with E-state index in [1.54, 1.807) is 13.3 Å². The first-order valence-corrected chi connectivity index (χ1v) is 8.20. The average Bonchev–Trinajstić information content (AvgIpc) is 2.67. The molecule has 2 aromatic carbocycles. The number of hydrogen-bond acceptors (Lipinski definition) is 2. The monoisotopic (exact) mass is 314 g/mol. The van der Waals surface area contributed by atoms with Crippen LogP contribution >= 0.6 is 0 Å². The van der Waals surface area contributed by atoms with Gasteiger partial charge < -0.3 is 5.73 Å². The smallest absolute Gasteiger partial charge is 0.0402 e. The Kier molecular flexibility index (Phi) is 5.07. The summed E-state index contributed by atoms with van der Waals surface area (Å²) in [5.74, 6) is 0.404. The summed E-state index contributed by atoms with van der Waals surface area (Å²) in [6.45, 7) is 0. The lowest BCUT2D eigenvalue weighted by Gasteiger charge is -2.18. The zero-order valence-corrected chi connectivity index (χ0v) is 13.9. The van der Waals surface area contributed by atoms with Crippen molar-refractivity contribution >= 4 is 17.5 Å². The molecule has 0 radical (unpaired) electrons. The van der Waals surface area contributed by atoms with Gasteiger partial charge in [0.1, 0.15) is 0 Å². The maximum atomic E-state index is 6.05. The molecule has 2 aromatic rings. The molecule has 0 amide bonds. The molecule has 3 rings (SSSR count). The Morgan fingerprint density at radius 1 is 1.08 bits per heavy atom. The van der Waals surface area contributed by atoms with Crippen LogP contribution in [0.1, 0.15) is 29.0 Å². The van der Waals surface area contributed by atoms with Crippen molar-refractivity contribution in [2.75, 3.05) is 7.05 Å². The van der Waals surface area contributed by atoms with Crippen LogP contribution in [0.3, 0.4) is 0 Å². The van der Waals surface area contributed by atoms with Gasteiger partial charge in [0.05, 0.1) is 0 Å². The van der Waals surface area contributed by atoms with Gasteiger partial charge in [-0.25, -0.2) is 0 Å². The van der Waals surface area contributed by atoms with E-state index in [-0.39, 0.29) is 0 Å². The van der Waals surface area contributed by atoms with E-state index in [0.717, 1.165) is 17.7 Å². The van der Waals surface area contributed by atoms with E-state index >= 15 is 0 Å². The Hall–Kier alpha value is -2.87. The summed E-state index contributed by atoms with van der Waals surface area (Å²) in [7, 11) is 1.74. The van der Waals surface area contributed by atoms with Crippen molar-refractivity contribution in [1.29, 1.82) is 0 Å². The molecular weight excluding hydrogens is 292 g/mol. The second-order valence-corrected chi connectivity index (χ2v) is 5.88. The lowest BCUT2D eigenvalue weighted by atomic mass is 9.87. The average molecular weight is 314 g/mol. The highest BCUT2D eigenvalue weighted by atomic mass is 14.6. The van der Waals surface area contributed by atoms with Crippen molar-refractivity contribution < 1.29 is 0 Å². The zero-order chi connectivity index (χ0) is 16.8. The molecule has 2 nitrogen and oxygen atoms in total. The standard InChI is InChI=1S/C22H22N2/c1-24-15-14-22(23)19-12-10-18(11-13-19)21-9-5-8-20(16-21)17-6-3-2-4-7-17/h2-8,10-16,21H,9,23H2,1H3. The molecule has 1 unspecified atom stereocenters. The van der Waals surface area contributed by atoms with Gasteiger partial charge in [0.25, 0.3) is 0 Å². The lowest BCUT2D eigenvalue weighted by Crippen LogP contribution is -2.01. The summed E-state index contributed by atoms with van der Waals surface area (Å²) in [5.41, 5.74) is 11.7. The van der Waals surface area contributed by atoms with Gasteiger partial charge >= 0.3 is 0 Å². The molecule has 1 atom stereocenters. The minimum Gasteiger partial charge on any atom is -0.398 e. The largest absolute Gasteiger partial charge is 0.398 e. The molecular formula is C22H22N2. The maximum Gasteiger partial charge on any atom is 0.0402 e. The molecule has 1 aliphatic carbocycles. The van der Waals surface area contributed by atoms with Crippen molar-refractivity contribution in [3.05, 3.63) is 95.6 Å². The molecule has 0 fully saturated rings. The minimum atomic E-state index is 0.404. The highest BCUT2D eigenvalue weighted by Crippen LogP contribution is 2.31. The van der Waals surface area contributed by atoms with Crippen LogP contribution in [0.15, 0.2) is 83.9 Å². The Bertz CT molecular complexity index is 794. The summed E-state index contributed by atoms with van der Waals surface area (Å²) in [6.07, 6.45) is 11.4. The third-order valence-electron chi connectivity index (χ3n) is 4.25. The molecule has 2 heteroatoms. The summed E-state index contributed by atoms with van der Waals surface area (Å²) >= 11 is 0. The molecule has 24 heavy (non-hydrogen) atoms. The topological polar surface area (TPSA) is 38.4 Å². The molecule has 0 aromatic heterocycles. The van der Waals surface area contributed by atoms with Crippen molar-refractivity contribution in [2.45, 2.75) is 12.3 Å². The molecule has 0 saturated heterocycles. The molecule has 0 aliphatic heterocycles. The van der Waals surface area contributed by atoms with Gasteiger partial charge in [0, 0.05) is 24.9 Å². The van der Waals surface area contributed by atoms with Gasteiger partial charge in [-0.1, -0.05) is 72.8 Å². The van der Waals surface area contributed by atoms with E-state index in [9.17, 15) is 0 Å². The fourth-order valence-electron chi connectivity index (χ4n) is 2.91. The van der Waals surface area contributed by atoms with Crippen LogP contribution in [0, 0.1) is 0 Å². The number of hydrogen-bond donors (Lipinski definition) is 1. The van der Waals surface area contributed by atoms with Crippen molar-refractivity contribution in [3.63, 3.8) is 0 Å². The summed E-state index contributed by atoms with van der Waals surface area (Å²) in [6, 6.07) is 19.0. The number of nitrogens with zero attached hydrogens (tertiary/aromatic N) is 1. The third kappa shape index (κ3) is 3.72. The second kappa shape index (κ2) is 7.60. The fourth-order valence-corrected chi connectivity index (χ4v) is 2.91. The molecule has 0 bridgehead atoms. The molecule has 0 saturated carbocycles. The molecule has 2 N–H and O–H groups in total. The van der Waals surface area contributed by atoms with E-state index < -0.39 is 0 Å². The Labute approximate surface area is 143 Å². The highest BCUT2D eigenvalue weighted by molar-refractivity contribution is 5.83. The van der Waals surface area contributed by atoms with Gasteiger partial charge in [0.15, 0.2) is 0 Å². The van der Waals surface area contributed by atoms with E-state index in [0.29, 0.717) is 5.92 Å². The SMILES string of the molecule is CN=CC=C(N)c1ccc(C2C=C(c3ccccc3)C=CC2)cc1. The van der Waals surface area contributed by atoms with Crippen LogP contribution in [-0.4, -0.2) is 13.3 Å². The van der Waals surface area contributed by atoms with Crippen molar-refractivity contribution in [1.82, 2.24) is 0 Å². The van der Waals surface area contributed by atoms with Gasteiger partial charge in [-0.3, -0.25) is 4.99 Å². The lowest BCUT2D eigenvalue weighted by molar-refractivity contribution is 0.857. The van der Waals surface area contributed by atoms with Crippen molar-refractivity contribution in [3.8, 4) is 0 Å². The van der Waals surface area contributed by atoms with E-state index in [1.165, 1.54) is 16.7 Å². The van der Waals surface area contributed by atoms with Crippen molar-refractivity contribution in [2.24, 2.45) is 10.7 Å². The van der Waals surface area contributed by atoms with Crippen LogP contribution in [0.4, 0.5) is 0 Å². The van der Waals surface area contributed by atoms with Crippen LogP contribution < -0.4 is 5.73 Å². The van der Waals surface area contributed by atoms with Gasteiger partial charge in [-0.15, -0.1) is 0 Å². The Balaban J connectivity index is 1.82.